The minimum atomic E-state index is 0.0174. The highest BCUT2D eigenvalue weighted by Crippen LogP contribution is 2.35. The summed E-state index contributed by atoms with van der Waals surface area (Å²) < 4.78 is 1.84. The molecule has 2 amide bonds. The molecule has 0 radical (unpaired) electrons. The van der Waals surface area contributed by atoms with Crippen molar-refractivity contribution in [3.63, 3.8) is 0 Å². The van der Waals surface area contributed by atoms with Crippen molar-refractivity contribution in [3.8, 4) is 5.69 Å². The molecule has 1 N–H and O–H groups in total. The van der Waals surface area contributed by atoms with Gasteiger partial charge in [-0.25, -0.2) is 19.4 Å². The molecule has 1 aliphatic carbocycles. The van der Waals surface area contributed by atoms with Gasteiger partial charge in [-0.3, -0.25) is 0 Å². The van der Waals surface area contributed by atoms with Crippen LogP contribution in [0.4, 0.5) is 10.6 Å². The number of rotatable bonds is 5. The average molecular weight is 482 g/mol. The molecular formula is C25H32ClN7O. The van der Waals surface area contributed by atoms with Crippen LogP contribution in [-0.2, 0) is 0 Å². The molecule has 180 valence electrons. The molecule has 1 saturated heterocycles. The zero-order valence-corrected chi connectivity index (χ0v) is 20.5. The van der Waals surface area contributed by atoms with Crippen molar-refractivity contribution in [2.24, 2.45) is 0 Å². The molecule has 1 aliphatic heterocycles. The largest absolute Gasteiger partial charge is 0.352 e. The summed E-state index contributed by atoms with van der Waals surface area (Å²) in [7, 11) is 0. The number of para-hydroxylation sites is 1. The molecule has 9 heteroatoms. The van der Waals surface area contributed by atoms with Gasteiger partial charge in [0.2, 0.25) is 0 Å². The Kier molecular flexibility index (Phi) is 6.85. The number of urea groups is 1. The zero-order valence-electron chi connectivity index (χ0n) is 19.7. The van der Waals surface area contributed by atoms with Gasteiger partial charge in [-0.15, -0.1) is 0 Å². The monoisotopic (exact) mass is 481 g/mol. The maximum absolute atomic E-state index is 12.4. The lowest BCUT2D eigenvalue weighted by atomic mass is 9.88. The van der Waals surface area contributed by atoms with Gasteiger partial charge in [0.1, 0.15) is 11.6 Å². The molecule has 34 heavy (non-hydrogen) atoms. The number of aromatic nitrogens is 4. The van der Waals surface area contributed by atoms with Crippen molar-refractivity contribution >= 4 is 34.5 Å². The number of amides is 2. The lowest BCUT2D eigenvalue weighted by molar-refractivity contribution is 0.194. The van der Waals surface area contributed by atoms with E-state index < -0.39 is 0 Å². The molecule has 5 rings (SSSR count). The molecule has 8 nitrogen and oxygen atoms in total. The topological polar surface area (TPSA) is 79.2 Å². The summed E-state index contributed by atoms with van der Waals surface area (Å²) in [5.74, 6) is 2.18. The number of hydrogen-bond donors (Lipinski definition) is 1. The zero-order chi connectivity index (χ0) is 23.5. The number of carbonyl (C=O) groups excluding carboxylic acids is 1. The molecule has 2 fully saturated rings. The first kappa shape index (κ1) is 22.9. The SMILES string of the molecule is CCCNC(=O)N1CCN(c2nc(C3CCCCC3)nc3c2cnn3-c2ccccc2Cl)CC1. The fourth-order valence-electron chi connectivity index (χ4n) is 4.96. The van der Waals surface area contributed by atoms with Crippen LogP contribution < -0.4 is 10.2 Å². The van der Waals surface area contributed by atoms with Crippen LogP contribution in [0.15, 0.2) is 30.5 Å². The fraction of sp³-hybridized carbons (Fsp3) is 0.520. The van der Waals surface area contributed by atoms with Gasteiger partial charge < -0.3 is 15.1 Å². The summed E-state index contributed by atoms with van der Waals surface area (Å²) >= 11 is 6.52. The number of halogens is 1. The third kappa shape index (κ3) is 4.56. The second-order valence-corrected chi connectivity index (χ2v) is 9.60. The quantitative estimate of drug-likeness (QED) is 0.568. The van der Waals surface area contributed by atoms with Crippen molar-refractivity contribution in [2.45, 2.75) is 51.4 Å². The summed E-state index contributed by atoms with van der Waals surface area (Å²) in [5.41, 5.74) is 1.61. The maximum Gasteiger partial charge on any atom is 0.317 e. The lowest BCUT2D eigenvalue weighted by Crippen LogP contribution is -2.52. The van der Waals surface area contributed by atoms with E-state index in [-0.39, 0.29) is 6.03 Å². The van der Waals surface area contributed by atoms with Crippen LogP contribution in [0.25, 0.3) is 16.7 Å². The summed E-state index contributed by atoms with van der Waals surface area (Å²) in [6, 6.07) is 7.73. The van der Waals surface area contributed by atoms with Crippen LogP contribution in [0, 0.1) is 0 Å². The molecule has 0 spiro atoms. The molecule has 3 heterocycles. The number of nitrogens with one attached hydrogen (secondary N) is 1. The van der Waals surface area contributed by atoms with E-state index in [4.69, 9.17) is 21.6 Å². The highest BCUT2D eigenvalue weighted by molar-refractivity contribution is 6.32. The molecule has 2 aliphatic rings. The van der Waals surface area contributed by atoms with Crippen LogP contribution >= 0.6 is 11.6 Å². The highest BCUT2D eigenvalue weighted by Gasteiger charge is 2.27. The molecule has 3 aromatic rings. The second-order valence-electron chi connectivity index (χ2n) is 9.19. The number of piperazine rings is 1. The van der Waals surface area contributed by atoms with Crippen molar-refractivity contribution in [3.05, 3.63) is 41.3 Å². The third-order valence-electron chi connectivity index (χ3n) is 6.87. The molecule has 0 atom stereocenters. The van der Waals surface area contributed by atoms with E-state index in [2.05, 4.69) is 22.2 Å². The normalized spacial score (nSPS) is 17.4. The number of benzene rings is 1. The number of fused-ring (bicyclic) bond motifs is 1. The number of nitrogens with zero attached hydrogens (tertiary/aromatic N) is 6. The molecule has 0 unspecified atom stereocenters. The number of hydrogen-bond acceptors (Lipinski definition) is 5. The highest BCUT2D eigenvalue weighted by atomic mass is 35.5. The first-order valence-electron chi connectivity index (χ1n) is 12.4. The van der Waals surface area contributed by atoms with Crippen molar-refractivity contribution in [2.75, 3.05) is 37.6 Å². The number of carbonyl (C=O) groups is 1. The van der Waals surface area contributed by atoms with E-state index in [1.165, 1.54) is 19.3 Å². The minimum absolute atomic E-state index is 0.0174. The fourth-order valence-corrected chi connectivity index (χ4v) is 5.17. The Hall–Kier alpha value is -2.87. The Labute approximate surface area is 205 Å². The summed E-state index contributed by atoms with van der Waals surface area (Å²) in [6.45, 7) is 5.56. The van der Waals surface area contributed by atoms with Gasteiger partial charge in [-0.05, 0) is 31.4 Å². The third-order valence-corrected chi connectivity index (χ3v) is 7.19. The minimum Gasteiger partial charge on any atom is -0.352 e. The van der Waals surface area contributed by atoms with E-state index in [1.54, 1.807) is 0 Å². The van der Waals surface area contributed by atoms with Gasteiger partial charge in [0.15, 0.2) is 5.65 Å². The number of anilines is 1. The Bertz CT molecular complexity index is 1150. The predicted molar refractivity (Wildman–Crippen MR) is 135 cm³/mol. The Balaban J connectivity index is 1.50. The standard InChI is InChI=1S/C25H32ClN7O/c1-2-12-27-25(34)32-15-13-31(14-16-32)23-19-17-28-33(21-11-7-6-10-20(21)26)24(19)30-22(29-23)18-8-4-3-5-9-18/h6-7,10-11,17-18H,2-5,8-9,12-16H2,1H3,(H,27,34). The van der Waals surface area contributed by atoms with Gasteiger partial charge in [0, 0.05) is 38.6 Å². The smallest absolute Gasteiger partial charge is 0.317 e. The van der Waals surface area contributed by atoms with Crippen LogP contribution in [0.2, 0.25) is 5.02 Å². The second kappa shape index (κ2) is 10.2. The van der Waals surface area contributed by atoms with Gasteiger partial charge in [-0.2, -0.15) is 5.10 Å². The Morgan fingerprint density at radius 1 is 1.09 bits per heavy atom. The van der Waals surface area contributed by atoms with Crippen molar-refractivity contribution in [1.29, 1.82) is 0 Å². The summed E-state index contributed by atoms with van der Waals surface area (Å²) in [5, 5.41) is 9.21. The molecule has 2 aromatic heterocycles. The van der Waals surface area contributed by atoms with E-state index in [0.29, 0.717) is 30.6 Å². The molecule has 1 saturated carbocycles. The van der Waals surface area contributed by atoms with Crippen LogP contribution in [0.5, 0.6) is 0 Å². The Morgan fingerprint density at radius 3 is 2.59 bits per heavy atom. The van der Waals surface area contributed by atoms with Crippen molar-refractivity contribution in [1.82, 2.24) is 30.0 Å². The van der Waals surface area contributed by atoms with E-state index in [9.17, 15) is 4.79 Å². The average Bonchev–Trinajstić information content (AvgIpc) is 3.31. The van der Waals surface area contributed by atoms with Crippen LogP contribution in [0.3, 0.4) is 0 Å². The van der Waals surface area contributed by atoms with E-state index in [1.807, 2.05) is 40.0 Å². The van der Waals surface area contributed by atoms with Crippen LogP contribution in [0.1, 0.15) is 57.2 Å². The molecule has 1 aromatic carbocycles. The first-order valence-corrected chi connectivity index (χ1v) is 12.8. The van der Waals surface area contributed by atoms with Crippen molar-refractivity contribution < 1.29 is 4.79 Å². The van der Waals surface area contributed by atoms with E-state index in [0.717, 1.165) is 60.7 Å². The summed E-state index contributed by atoms with van der Waals surface area (Å²) in [6.07, 6.45) is 8.74. The molecule has 0 bridgehead atoms. The summed E-state index contributed by atoms with van der Waals surface area (Å²) in [4.78, 5) is 26.7. The van der Waals surface area contributed by atoms with Gasteiger partial charge in [0.05, 0.1) is 22.3 Å². The predicted octanol–water partition coefficient (Wildman–Crippen LogP) is 4.76. The van der Waals surface area contributed by atoms with E-state index >= 15 is 0 Å². The van der Waals surface area contributed by atoms with Gasteiger partial charge in [0.25, 0.3) is 0 Å². The lowest BCUT2D eigenvalue weighted by Gasteiger charge is -2.36. The first-order chi connectivity index (χ1) is 16.7. The Morgan fingerprint density at radius 2 is 1.85 bits per heavy atom. The van der Waals surface area contributed by atoms with Crippen LogP contribution in [-0.4, -0.2) is 63.4 Å². The molecular weight excluding hydrogens is 450 g/mol. The maximum atomic E-state index is 12.4. The van der Waals surface area contributed by atoms with Gasteiger partial charge in [-0.1, -0.05) is 49.9 Å². The van der Waals surface area contributed by atoms with Gasteiger partial charge >= 0.3 is 6.03 Å².